The van der Waals surface area contributed by atoms with Crippen LogP contribution in [0.3, 0.4) is 0 Å². The molecule has 3 N–H and O–H groups in total. The molecule has 0 bridgehead atoms. The predicted molar refractivity (Wildman–Crippen MR) is 122 cm³/mol. The van der Waals surface area contributed by atoms with Crippen molar-refractivity contribution < 1.29 is 4.79 Å². The van der Waals surface area contributed by atoms with Crippen molar-refractivity contribution in [3.63, 3.8) is 0 Å². The van der Waals surface area contributed by atoms with Crippen molar-refractivity contribution in [3.05, 3.63) is 48.0 Å². The highest BCUT2D eigenvalue weighted by Crippen LogP contribution is 2.26. The Labute approximate surface area is 180 Å². The number of fused-ring (bicyclic) bond motifs is 2. The van der Waals surface area contributed by atoms with E-state index in [1.165, 1.54) is 0 Å². The van der Waals surface area contributed by atoms with E-state index >= 15 is 0 Å². The van der Waals surface area contributed by atoms with Gasteiger partial charge in [0.25, 0.3) is 5.91 Å². The van der Waals surface area contributed by atoms with Crippen LogP contribution in [-0.2, 0) is 0 Å². The standard InChI is InChI=1S/C23H27N7O/c1-29-11-13-30(14-12-29)10-4-9-24-23(31)16-7-8-19-20(15-16)26-22(25-19)21-17-5-2-3-6-18(17)27-28-21/h2-3,5-8,15H,4,9-14H2,1H3,(H,24,31)(H,25,26)(H,27,28). The molecule has 1 aliphatic rings. The summed E-state index contributed by atoms with van der Waals surface area (Å²) in [5.41, 5.74) is 4.01. The van der Waals surface area contributed by atoms with Crippen molar-refractivity contribution >= 4 is 27.8 Å². The zero-order valence-corrected chi connectivity index (χ0v) is 17.7. The summed E-state index contributed by atoms with van der Waals surface area (Å²) in [6.07, 6.45) is 0.955. The zero-order valence-electron chi connectivity index (χ0n) is 17.7. The number of hydrogen-bond acceptors (Lipinski definition) is 5. The number of nitrogens with zero attached hydrogens (tertiary/aromatic N) is 4. The number of aromatic amines is 2. The van der Waals surface area contributed by atoms with E-state index in [0.717, 1.165) is 66.8 Å². The van der Waals surface area contributed by atoms with Crippen LogP contribution >= 0.6 is 0 Å². The van der Waals surface area contributed by atoms with Gasteiger partial charge in [-0.2, -0.15) is 5.10 Å². The average molecular weight is 418 g/mol. The Morgan fingerprint density at radius 1 is 1.10 bits per heavy atom. The predicted octanol–water partition coefficient (Wildman–Crippen LogP) is 2.47. The molecule has 1 saturated heterocycles. The maximum atomic E-state index is 12.6. The first-order chi connectivity index (χ1) is 15.2. The van der Waals surface area contributed by atoms with Crippen molar-refractivity contribution in [1.82, 2.24) is 35.3 Å². The van der Waals surface area contributed by atoms with Crippen LogP contribution in [0.1, 0.15) is 16.8 Å². The Hall–Kier alpha value is -3.23. The smallest absolute Gasteiger partial charge is 0.251 e. The first-order valence-electron chi connectivity index (χ1n) is 10.8. The molecule has 5 rings (SSSR count). The minimum atomic E-state index is -0.0601. The van der Waals surface area contributed by atoms with Crippen LogP contribution in [0.5, 0.6) is 0 Å². The van der Waals surface area contributed by atoms with Crippen LogP contribution in [0, 0.1) is 0 Å². The normalized spacial score (nSPS) is 15.6. The minimum Gasteiger partial charge on any atom is -0.352 e. The number of likely N-dealkylation sites (N-methyl/N-ethyl adjacent to an activating group) is 1. The molecule has 1 amide bonds. The first kappa shape index (κ1) is 19.7. The molecule has 1 fully saturated rings. The van der Waals surface area contributed by atoms with Gasteiger partial charge in [0, 0.05) is 43.7 Å². The molecule has 0 saturated carbocycles. The van der Waals surface area contributed by atoms with E-state index in [4.69, 9.17) is 0 Å². The van der Waals surface area contributed by atoms with Crippen molar-refractivity contribution in [3.8, 4) is 11.5 Å². The number of benzene rings is 2. The van der Waals surface area contributed by atoms with Crippen LogP contribution in [-0.4, -0.2) is 82.2 Å². The van der Waals surface area contributed by atoms with E-state index < -0.39 is 0 Å². The Bertz CT molecular complexity index is 1200. The van der Waals surface area contributed by atoms with Gasteiger partial charge in [0.05, 0.1) is 16.6 Å². The molecule has 0 radical (unpaired) electrons. The van der Waals surface area contributed by atoms with Crippen molar-refractivity contribution in [2.45, 2.75) is 6.42 Å². The monoisotopic (exact) mass is 417 g/mol. The average Bonchev–Trinajstić information content (AvgIpc) is 3.41. The van der Waals surface area contributed by atoms with E-state index in [1.807, 2.05) is 42.5 Å². The van der Waals surface area contributed by atoms with Gasteiger partial charge < -0.3 is 20.1 Å². The molecule has 8 nitrogen and oxygen atoms in total. The number of amides is 1. The quantitative estimate of drug-likeness (QED) is 0.419. The van der Waals surface area contributed by atoms with E-state index in [0.29, 0.717) is 17.9 Å². The van der Waals surface area contributed by atoms with Gasteiger partial charge in [-0.05, 0) is 44.3 Å². The number of carbonyl (C=O) groups is 1. The lowest BCUT2D eigenvalue weighted by Gasteiger charge is -2.32. The number of hydrogen-bond donors (Lipinski definition) is 3. The topological polar surface area (TPSA) is 92.9 Å². The second kappa shape index (κ2) is 8.49. The van der Waals surface area contributed by atoms with Gasteiger partial charge in [0.1, 0.15) is 5.69 Å². The van der Waals surface area contributed by atoms with Gasteiger partial charge in [-0.25, -0.2) is 4.98 Å². The van der Waals surface area contributed by atoms with E-state index in [2.05, 4.69) is 42.3 Å². The van der Waals surface area contributed by atoms with Gasteiger partial charge in [0.15, 0.2) is 5.82 Å². The lowest BCUT2D eigenvalue weighted by molar-refractivity contribution is 0.0949. The molecule has 0 atom stereocenters. The van der Waals surface area contributed by atoms with E-state index in [9.17, 15) is 4.79 Å². The molecule has 2 aromatic heterocycles. The summed E-state index contributed by atoms with van der Waals surface area (Å²) in [6, 6.07) is 13.5. The maximum absolute atomic E-state index is 12.6. The second-order valence-electron chi connectivity index (χ2n) is 8.19. The highest BCUT2D eigenvalue weighted by molar-refractivity contribution is 5.98. The lowest BCUT2D eigenvalue weighted by Crippen LogP contribution is -2.45. The number of H-pyrrole nitrogens is 2. The van der Waals surface area contributed by atoms with Crippen LogP contribution < -0.4 is 5.32 Å². The Balaban J connectivity index is 1.23. The number of piperazine rings is 1. The Kier molecular flexibility index (Phi) is 5.40. The molecule has 8 heteroatoms. The van der Waals surface area contributed by atoms with Gasteiger partial charge >= 0.3 is 0 Å². The molecule has 2 aromatic carbocycles. The highest BCUT2D eigenvalue weighted by Gasteiger charge is 2.15. The molecule has 0 spiro atoms. The fraction of sp³-hybridized carbons (Fsp3) is 0.348. The number of nitrogens with one attached hydrogen (secondary N) is 3. The number of rotatable bonds is 6. The summed E-state index contributed by atoms with van der Waals surface area (Å²) in [4.78, 5) is 25.4. The molecule has 0 aliphatic carbocycles. The summed E-state index contributed by atoms with van der Waals surface area (Å²) in [5, 5.41) is 11.5. The van der Waals surface area contributed by atoms with Gasteiger partial charge in [0.2, 0.25) is 0 Å². The maximum Gasteiger partial charge on any atom is 0.251 e. The summed E-state index contributed by atoms with van der Waals surface area (Å²) in [6.45, 7) is 6.14. The summed E-state index contributed by atoms with van der Waals surface area (Å²) in [5.74, 6) is 0.632. The van der Waals surface area contributed by atoms with Gasteiger partial charge in [-0.3, -0.25) is 9.89 Å². The summed E-state index contributed by atoms with van der Waals surface area (Å²) < 4.78 is 0. The number of imidazole rings is 1. The van der Waals surface area contributed by atoms with Crippen molar-refractivity contribution in [2.75, 3.05) is 46.3 Å². The molecule has 0 unspecified atom stereocenters. The second-order valence-corrected chi connectivity index (χ2v) is 8.19. The summed E-state index contributed by atoms with van der Waals surface area (Å²) in [7, 11) is 2.16. The fourth-order valence-electron chi connectivity index (χ4n) is 4.08. The SMILES string of the molecule is CN1CCN(CCCNC(=O)c2ccc3[nH]c(-c4n[nH]c5ccccc45)nc3c2)CC1. The fourth-order valence-corrected chi connectivity index (χ4v) is 4.08. The van der Waals surface area contributed by atoms with Crippen molar-refractivity contribution in [2.24, 2.45) is 0 Å². The van der Waals surface area contributed by atoms with Gasteiger partial charge in [-0.1, -0.05) is 18.2 Å². The lowest BCUT2D eigenvalue weighted by atomic mass is 10.2. The Morgan fingerprint density at radius 3 is 2.81 bits per heavy atom. The molecular formula is C23H27N7O. The third-order valence-corrected chi connectivity index (χ3v) is 5.97. The molecule has 160 valence electrons. The molecule has 4 aromatic rings. The van der Waals surface area contributed by atoms with Crippen LogP contribution in [0.2, 0.25) is 0 Å². The molecule has 31 heavy (non-hydrogen) atoms. The van der Waals surface area contributed by atoms with E-state index in [1.54, 1.807) is 0 Å². The number of aromatic nitrogens is 4. The van der Waals surface area contributed by atoms with Gasteiger partial charge in [-0.15, -0.1) is 0 Å². The third kappa shape index (κ3) is 4.17. The van der Waals surface area contributed by atoms with Crippen LogP contribution in [0.4, 0.5) is 0 Å². The largest absolute Gasteiger partial charge is 0.352 e. The highest BCUT2D eigenvalue weighted by atomic mass is 16.1. The van der Waals surface area contributed by atoms with E-state index in [-0.39, 0.29) is 5.91 Å². The number of carbonyl (C=O) groups excluding carboxylic acids is 1. The number of para-hydroxylation sites is 1. The molecular weight excluding hydrogens is 390 g/mol. The molecule has 3 heterocycles. The summed E-state index contributed by atoms with van der Waals surface area (Å²) >= 11 is 0. The minimum absolute atomic E-state index is 0.0601. The molecule has 1 aliphatic heterocycles. The third-order valence-electron chi connectivity index (χ3n) is 5.97. The zero-order chi connectivity index (χ0) is 21.2. The first-order valence-corrected chi connectivity index (χ1v) is 10.8. The van der Waals surface area contributed by atoms with Crippen LogP contribution in [0.15, 0.2) is 42.5 Å². The van der Waals surface area contributed by atoms with Crippen molar-refractivity contribution in [1.29, 1.82) is 0 Å². The Morgan fingerprint density at radius 2 is 1.94 bits per heavy atom. The van der Waals surface area contributed by atoms with Crippen LogP contribution in [0.25, 0.3) is 33.5 Å².